The van der Waals surface area contributed by atoms with Gasteiger partial charge in [-0.15, -0.1) is 0 Å². The molecule has 3 heteroatoms. The molecular formula is C9H16N2O. The van der Waals surface area contributed by atoms with Crippen LogP contribution in [0.1, 0.15) is 37.0 Å². The van der Waals surface area contributed by atoms with Crippen molar-refractivity contribution in [1.29, 1.82) is 0 Å². The van der Waals surface area contributed by atoms with Crippen LogP contribution in [-0.2, 0) is 13.0 Å². The molecule has 0 amide bonds. The van der Waals surface area contributed by atoms with Crippen LogP contribution in [0.5, 0.6) is 0 Å². The average molecular weight is 168 g/mol. The molecule has 68 valence electrons. The predicted octanol–water partition coefficient (Wildman–Crippen LogP) is 1.55. The van der Waals surface area contributed by atoms with E-state index in [2.05, 4.69) is 16.9 Å². The van der Waals surface area contributed by atoms with Gasteiger partial charge in [0.1, 0.15) is 5.82 Å². The SMILES string of the molecule is CCCCc1nc(CO)c(C)[nH]1. The molecule has 0 spiro atoms. The number of aromatic nitrogens is 2. The van der Waals surface area contributed by atoms with E-state index in [0.717, 1.165) is 30.1 Å². The normalized spacial score (nSPS) is 10.6. The fourth-order valence-corrected chi connectivity index (χ4v) is 1.18. The molecule has 0 saturated carbocycles. The zero-order valence-electron chi connectivity index (χ0n) is 7.72. The second kappa shape index (κ2) is 4.26. The molecule has 0 aliphatic heterocycles. The number of aliphatic hydroxyl groups excluding tert-OH is 1. The van der Waals surface area contributed by atoms with Gasteiger partial charge >= 0.3 is 0 Å². The Morgan fingerprint density at radius 3 is 2.75 bits per heavy atom. The lowest BCUT2D eigenvalue weighted by molar-refractivity contribution is 0.276. The van der Waals surface area contributed by atoms with Crippen molar-refractivity contribution in [2.75, 3.05) is 0 Å². The average Bonchev–Trinajstić information content (AvgIpc) is 2.43. The molecular weight excluding hydrogens is 152 g/mol. The summed E-state index contributed by atoms with van der Waals surface area (Å²) in [4.78, 5) is 7.42. The minimum atomic E-state index is 0.0362. The van der Waals surface area contributed by atoms with Gasteiger partial charge < -0.3 is 10.1 Å². The van der Waals surface area contributed by atoms with E-state index in [-0.39, 0.29) is 6.61 Å². The van der Waals surface area contributed by atoms with Gasteiger partial charge in [-0.2, -0.15) is 0 Å². The summed E-state index contributed by atoms with van der Waals surface area (Å²) < 4.78 is 0. The van der Waals surface area contributed by atoms with Crippen LogP contribution in [0.2, 0.25) is 0 Å². The Morgan fingerprint density at radius 2 is 2.25 bits per heavy atom. The number of nitrogens with zero attached hydrogens (tertiary/aromatic N) is 1. The summed E-state index contributed by atoms with van der Waals surface area (Å²) in [7, 11) is 0. The quantitative estimate of drug-likeness (QED) is 0.716. The van der Waals surface area contributed by atoms with Crippen LogP contribution in [0.4, 0.5) is 0 Å². The Labute approximate surface area is 72.8 Å². The third-order valence-corrected chi connectivity index (χ3v) is 1.95. The summed E-state index contributed by atoms with van der Waals surface area (Å²) in [5.74, 6) is 0.999. The number of rotatable bonds is 4. The Morgan fingerprint density at radius 1 is 1.50 bits per heavy atom. The van der Waals surface area contributed by atoms with E-state index in [0.29, 0.717) is 0 Å². The highest BCUT2D eigenvalue weighted by Gasteiger charge is 2.03. The predicted molar refractivity (Wildman–Crippen MR) is 47.9 cm³/mol. The van der Waals surface area contributed by atoms with E-state index in [4.69, 9.17) is 5.11 Å². The van der Waals surface area contributed by atoms with Crippen molar-refractivity contribution < 1.29 is 5.11 Å². The number of hydrogen-bond acceptors (Lipinski definition) is 2. The van der Waals surface area contributed by atoms with E-state index >= 15 is 0 Å². The van der Waals surface area contributed by atoms with Crippen molar-refractivity contribution in [1.82, 2.24) is 9.97 Å². The van der Waals surface area contributed by atoms with Crippen LogP contribution >= 0.6 is 0 Å². The minimum absolute atomic E-state index is 0.0362. The summed E-state index contributed by atoms with van der Waals surface area (Å²) in [6.45, 7) is 4.13. The Balaban J connectivity index is 2.62. The van der Waals surface area contributed by atoms with Crippen LogP contribution in [0.25, 0.3) is 0 Å². The molecule has 0 aromatic carbocycles. The van der Waals surface area contributed by atoms with Crippen LogP contribution in [-0.4, -0.2) is 15.1 Å². The highest BCUT2D eigenvalue weighted by atomic mass is 16.3. The highest BCUT2D eigenvalue weighted by Crippen LogP contribution is 2.06. The molecule has 0 atom stereocenters. The number of imidazole rings is 1. The van der Waals surface area contributed by atoms with Gasteiger partial charge in [-0.05, 0) is 13.3 Å². The van der Waals surface area contributed by atoms with Crippen LogP contribution in [0, 0.1) is 6.92 Å². The molecule has 0 fully saturated rings. The molecule has 1 aromatic heterocycles. The van der Waals surface area contributed by atoms with Crippen molar-refractivity contribution >= 4 is 0 Å². The number of aliphatic hydroxyl groups is 1. The van der Waals surface area contributed by atoms with Crippen LogP contribution in [0.3, 0.4) is 0 Å². The van der Waals surface area contributed by atoms with Gasteiger partial charge in [-0.3, -0.25) is 0 Å². The minimum Gasteiger partial charge on any atom is -0.390 e. The third kappa shape index (κ3) is 2.08. The molecule has 2 N–H and O–H groups in total. The first kappa shape index (κ1) is 9.26. The largest absolute Gasteiger partial charge is 0.390 e. The smallest absolute Gasteiger partial charge is 0.106 e. The first-order valence-corrected chi connectivity index (χ1v) is 4.43. The van der Waals surface area contributed by atoms with Crippen molar-refractivity contribution in [3.63, 3.8) is 0 Å². The maximum Gasteiger partial charge on any atom is 0.106 e. The van der Waals surface area contributed by atoms with Gasteiger partial charge in [-0.1, -0.05) is 13.3 Å². The van der Waals surface area contributed by atoms with E-state index in [1.165, 1.54) is 6.42 Å². The van der Waals surface area contributed by atoms with E-state index in [1.54, 1.807) is 0 Å². The van der Waals surface area contributed by atoms with E-state index in [1.807, 2.05) is 6.92 Å². The molecule has 0 aliphatic rings. The van der Waals surface area contributed by atoms with Crippen molar-refractivity contribution in [3.05, 3.63) is 17.2 Å². The Hall–Kier alpha value is -0.830. The highest BCUT2D eigenvalue weighted by molar-refractivity contribution is 5.11. The van der Waals surface area contributed by atoms with Crippen LogP contribution < -0.4 is 0 Å². The molecule has 1 rings (SSSR count). The number of aryl methyl sites for hydroxylation is 2. The molecule has 0 radical (unpaired) electrons. The maximum atomic E-state index is 8.87. The Kier molecular flexibility index (Phi) is 3.29. The summed E-state index contributed by atoms with van der Waals surface area (Å²) in [6.07, 6.45) is 3.31. The van der Waals surface area contributed by atoms with Crippen LogP contribution in [0.15, 0.2) is 0 Å². The number of hydrogen-bond donors (Lipinski definition) is 2. The monoisotopic (exact) mass is 168 g/mol. The fraction of sp³-hybridized carbons (Fsp3) is 0.667. The van der Waals surface area contributed by atoms with Gasteiger partial charge in [0.2, 0.25) is 0 Å². The van der Waals surface area contributed by atoms with Gasteiger partial charge in [0.15, 0.2) is 0 Å². The zero-order valence-corrected chi connectivity index (χ0v) is 7.72. The molecule has 3 nitrogen and oxygen atoms in total. The Bertz CT molecular complexity index is 243. The van der Waals surface area contributed by atoms with E-state index in [9.17, 15) is 0 Å². The van der Waals surface area contributed by atoms with Gasteiger partial charge in [0.25, 0.3) is 0 Å². The molecule has 1 aromatic rings. The standard InChI is InChI=1S/C9H16N2O/c1-3-4-5-9-10-7(2)8(6-12)11-9/h12H,3-6H2,1-2H3,(H,10,11). The molecule has 0 bridgehead atoms. The topological polar surface area (TPSA) is 48.9 Å². The summed E-state index contributed by atoms with van der Waals surface area (Å²) >= 11 is 0. The lowest BCUT2D eigenvalue weighted by Gasteiger charge is -1.91. The number of H-pyrrole nitrogens is 1. The van der Waals surface area contributed by atoms with Crippen molar-refractivity contribution in [2.24, 2.45) is 0 Å². The maximum absolute atomic E-state index is 8.87. The first-order chi connectivity index (χ1) is 5.77. The number of aromatic amines is 1. The number of unbranched alkanes of at least 4 members (excludes halogenated alkanes) is 1. The summed E-state index contributed by atoms with van der Waals surface area (Å²) in [5, 5.41) is 8.87. The molecule has 0 aliphatic carbocycles. The first-order valence-electron chi connectivity index (χ1n) is 4.43. The summed E-state index contributed by atoms with van der Waals surface area (Å²) in [6, 6.07) is 0. The second-order valence-electron chi connectivity index (χ2n) is 3.02. The van der Waals surface area contributed by atoms with Gasteiger partial charge in [0.05, 0.1) is 12.3 Å². The molecule has 1 heterocycles. The summed E-state index contributed by atoms with van der Waals surface area (Å²) in [5.41, 5.74) is 1.77. The lowest BCUT2D eigenvalue weighted by atomic mass is 10.2. The fourth-order valence-electron chi connectivity index (χ4n) is 1.18. The second-order valence-corrected chi connectivity index (χ2v) is 3.02. The van der Waals surface area contributed by atoms with Gasteiger partial charge in [-0.25, -0.2) is 4.98 Å². The number of nitrogens with one attached hydrogen (secondary N) is 1. The van der Waals surface area contributed by atoms with Crippen molar-refractivity contribution in [2.45, 2.75) is 39.7 Å². The third-order valence-electron chi connectivity index (χ3n) is 1.95. The molecule has 0 unspecified atom stereocenters. The van der Waals surface area contributed by atoms with Gasteiger partial charge in [0, 0.05) is 12.1 Å². The van der Waals surface area contributed by atoms with E-state index < -0.39 is 0 Å². The zero-order chi connectivity index (χ0) is 8.97. The molecule has 0 saturated heterocycles. The van der Waals surface area contributed by atoms with Crippen molar-refractivity contribution in [3.8, 4) is 0 Å². The lowest BCUT2D eigenvalue weighted by Crippen LogP contribution is -1.88. The molecule has 12 heavy (non-hydrogen) atoms.